The van der Waals surface area contributed by atoms with E-state index < -0.39 is 5.97 Å². The number of carboxylic acids is 1. The molecule has 0 spiro atoms. The van der Waals surface area contributed by atoms with Gasteiger partial charge in [-0.05, 0) is 19.8 Å². The highest BCUT2D eigenvalue weighted by molar-refractivity contribution is 7.99. The highest BCUT2D eigenvalue weighted by atomic mass is 32.2. The van der Waals surface area contributed by atoms with Crippen LogP contribution in [-0.2, 0) is 9.53 Å². The summed E-state index contributed by atoms with van der Waals surface area (Å²) in [6, 6.07) is 0. The molecule has 1 rings (SSSR count). The quantitative estimate of drug-likeness (QED) is 0.713. The van der Waals surface area contributed by atoms with E-state index in [0.29, 0.717) is 6.10 Å². The van der Waals surface area contributed by atoms with Crippen LogP contribution in [0.15, 0.2) is 11.6 Å². The summed E-state index contributed by atoms with van der Waals surface area (Å²) in [5.74, 6) is 0.900. The van der Waals surface area contributed by atoms with Gasteiger partial charge in [-0.1, -0.05) is 5.57 Å². The fraction of sp³-hybridized carbons (Fsp3) is 0.700. The van der Waals surface area contributed by atoms with Crippen LogP contribution in [-0.4, -0.2) is 35.3 Å². The lowest BCUT2D eigenvalue weighted by Gasteiger charge is -2.08. The molecule has 3 nitrogen and oxygen atoms in total. The topological polar surface area (TPSA) is 46.5 Å². The molecule has 4 heteroatoms. The van der Waals surface area contributed by atoms with Crippen molar-refractivity contribution in [1.29, 1.82) is 0 Å². The van der Waals surface area contributed by atoms with Crippen molar-refractivity contribution < 1.29 is 14.6 Å². The minimum absolute atomic E-state index is 0.387. The lowest BCUT2D eigenvalue weighted by Crippen LogP contribution is -2.08. The Hall–Kier alpha value is -0.480. The molecule has 0 bridgehead atoms. The van der Waals surface area contributed by atoms with Crippen LogP contribution in [0.25, 0.3) is 0 Å². The lowest BCUT2D eigenvalue weighted by molar-refractivity contribution is -0.131. The van der Waals surface area contributed by atoms with Crippen LogP contribution in [0.4, 0.5) is 0 Å². The van der Waals surface area contributed by atoms with Gasteiger partial charge in [0.25, 0.3) is 0 Å². The van der Waals surface area contributed by atoms with Crippen LogP contribution < -0.4 is 0 Å². The molecular formula is C10H16O3S. The molecule has 1 N–H and O–H groups in total. The van der Waals surface area contributed by atoms with Gasteiger partial charge in [0.15, 0.2) is 0 Å². The number of ether oxygens (including phenoxy) is 1. The Bertz CT molecular complexity index is 219. The van der Waals surface area contributed by atoms with Crippen LogP contribution in [0.5, 0.6) is 0 Å². The maximum atomic E-state index is 10.3. The third-order valence-electron chi connectivity index (χ3n) is 2.03. The minimum atomic E-state index is -0.861. The molecule has 0 aromatic heterocycles. The standard InChI is InChI=1S/C10H16O3S/c1-8(5-10(11)12)6-14-7-9-3-2-4-13-9/h5,9H,2-4,6-7H2,1H3,(H,11,12). The fourth-order valence-corrected chi connectivity index (χ4v) is 2.43. The number of hydrogen-bond donors (Lipinski definition) is 1. The van der Waals surface area contributed by atoms with Gasteiger partial charge in [-0.2, -0.15) is 11.8 Å². The second-order valence-corrected chi connectivity index (χ2v) is 4.51. The average molecular weight is 216 g/mol. The van der Waals surface area contributed by atoms with Crippen molar-refractivity contribution in [2.75, 3.05) is 18.1 Å². The van der Waals surface area contributed by atoms with E-state index in [1.54, 1.807) is 11.8 Å². The average Bonchev–Trinajstić information content (AvgIpc) is 2.55. The van der Waals surface area contributed by atoms with E-state index in [9.17, 15) is 4.79 Å². The SMILES string of the molecule is CC(=CC(=O)O)CSCC1CCCO1. The van der Waals surface area contributed by atoms with E-state index in [1.807, 2.05) is 6.92 Å². The highest BCUT2D eigenvalue weighted by Gasteiger charge is 2.14. The first-order valence-electron chi connectivity index (χ1n) is 4.78. The first-order valence-corrected chi connectivity index (χ1v) is 5.93. The maximum Gasteiger partial charge on any atom is 0.328 e. The fourth-order valence-electron chi connectivity index (χ4n) is 1.38. The summed E-state index contributed by atoms with van der Waals surface area (Å²) in [5, 5.41) is 8.48. The monoisotopic (exact) mass is 216 g/mol. The Morgan fingerprint density at radius 3 is 3.07 bits per heavy atom. The van der Waals surface area contributed by atoms with Gasteiger partial charge in [0.1, 0.15) is 0 Å². The third-order valence-corrected chi connectivity index (χ3v) is 3.29. The Balaban J connectivity index is 2.11. The van der Waals surface area contributed by atoms with Gasteiger partial charge in [0.2, 0.25) is 0 Å². The first kappa shape index (κ1) is 11.6. The van der Waals surface area contributed by atoms with Crippen LogP contribution in [0.2, 0.25) is 0 Å². The van der Waals surface area contributed by atoms with Crippen molar-refractivity contribution in [3.05, 3.63) is 11.6 Å². The van der Waals surface area contributed by atoms with E-state index in [2.05, 4.69) is 0 Å². The normalized spacial score (nSPS) is 22.6. The Morgan fingerprint density at radius 2 is 2.50 bits per heavy atom. The molecule has 1 atom stereocenters. The largest absolute Gasteiger partial charge is 0.478 e. The van der Waals surface area contributed by atoms with E-state index in [0.717, 1.165) is 36.5 Å². The Kier molecular flexibility index (Phi) is 5.04. The number of hydrogen-bond acceptors (Lipinski definition) is 3. The van der Waals surface area contributed by atoms with Crippen LogP contribution in [0, 0.1) is 0 Å². The van der Waals surface area contributed by atoms with Crippen LogP contribution in [0.1, 0.15) is 19.8 Å². The zero-order chi connectivity index (χ0) is 10.4. The van der Waals surface area contributed by atoms with E-state index in [4.69, 9.17) is 9.84 Å². The summed E-state index contributed by atoms with van der Waals surface area (Å²) in [7, 11) is 0. The van der Waals surface area contributed by atoms with E-state index in [1.165, 1.54) is 6.08 Å². The second-order valence-electron chi connectivity index (χ2n) is 3.48. The molecule has 1 aliphatic heterocycles. The second kappa shape index (κ2) is 6.09. The molecule has 1 aliphatic rings. The molecule has 0 radical (unpaired) electrons. The molecule has 0 amide bonds. The van der Waals surface area contributed by atoms with Gasteiger partial charge in [0, 0.05) is 24.2 Å². The third kappa shape index (κ3) is 4.67. The summed E-state index contributed by atoms with van der Waals surface area (Å²) in [6.45, 7) is 2.73. The molecule has 1 saturated heterocycles. The van der Waals surface area contributed by atoms with Gasteiger partial charge in [-0.15, -0.1) is 0 Å². The van der Waals surface area contributed by atoms with Crippen molar-refractivity contribution in [1.82, 2.24) is 0 Å². The van der Waals surface area contributed by atoms with Gasteiger partial charge in [0.05, 0.1) is 6.10 Å². The molecule has 0 aromatic rings. The van der Waals surface area contributed by atoms with E-state index >= 15 is 0 Å². The summed E-state index contributed by atoms with van der Waals surface area (Å²) >= 11 is 1.74. The number of carboxylic acid groups (broad SMARTS) is 1. The molecule has 1 fully saturated rings. The molecule has 14 heavy (non-hydrogen) atoms. The minimum Gasteiger partial charge on any atom is -0.478 e. The van der Waals surface area contributed by atoms with Gasteiger partial charge in [-0.25, -0.2) is 4.79 Å². The summed E-state index contributed by atoms with van der Waals surface area (Å²) in [5.41, 5.74) is 0.903. The predicted octanol–water partition coefficient (Wildman–Crippen LogP) is 1.93. The van der Waals surface area contributed by atoms with Gasteiger partial charge < -0.3 is 9.84 Å². The lowest BCUT2D eigenvalue weighted by atomic mass is 10.3. The number of thioether (sulfide) groups is 1. The summed E-state index contributed by atoms with van der Waals surface area (Å²) < 4.78 is 5.46. The van der Waals surface area contributed by atoms with Crippen molar-refractivity contribution in [2.45, 2.75) is 25.9 Å². The van der Waals surface area contributed by atoms with Gasteiger partial charge >= 0.3 is 5.97 Å². The van der Waals surface area contributed by atoms with Crippen molar-refractivity contribution >= 4 is 17.7 Å². The van der Waals surface area contributed by atoms with Gasteiger partial charge in [-0.3, -0.25) is 0 Å². The Labute approximate surface area is 88.5 Å². The zero-order valence-electron chi connectivity index (χ0n) is 8.36. The molecular weight excluding hydrogens is 200 g/mol. The number of carbonyl (C=O) groups is 1. The van der Waals surface area contributed by atoms with Crippen molar-refractivity contribution in [3.8, 4) is 0 Å². The zero-order valence-corrected chi connectivity index (χ0v) is 9.18. The highest BCUT2D eigenvalue weighted by Crippen LogP contribution is 2.18. The van der Waals surface area contributed by atoms with Crippen molar-refractivity contribution in [2.24, 2.45) is 0 Å². The van der Waals surface area contributed by atoms with Crippen LogP contribution in [0.3, 0.4) is 0 Å². The summed E-state index contributed by atoms with van der Waals surface area (Å²) in [4.78, 5) is 10.3. The molecule has 0 aromatic carbocycles. The molecule has 1 unspecified atom stereocenters. The number of aliphatic carboxylic acids is 1. The first-order chi connectivity index (χ1) is 6.68. The summed E-state index contributed by atoms with van der Waals surface area (Å²) in [6.07, 6.45) is 3.96. The molecule has 1 heterocycles. The van der Waals surface area contributed by atoms with Crippen molar-refractivity contribution in [3.63, 3.8) is 0 Å². The van der Waals surface area contributed by atoms with Crippen LogP contribution >= 0.6 is 11.8 Å². The molecule has 0 aliphatic carbocycles. The van der Waals surface area contributed by atoms with E-state index in [-0.39, 0.29) is 0 Å². The Morgan fingerprint density at radius 1 is 1.71 bits per heavy atom. The number of rotatable bonds is 5. The smallest absolute Gasteiger partial charge is 0.328 e. The molecule has 0 saturated carbocycles. The molecule has 80 valence electrons. The predicted molar refractivity (Wildman–Crippen MR) is 57.7 cm³/mol. The maximum absolute atomic E-state index is 10.3.